The third-order valence-corrected chi connectivity index (χ3v) is 5.52. The summed E-state index contributed by atoms with van der Waals surface area (Å²) in [5, 5.41) is 9.74. The number of likely N-dealkylation sites (tertiary alicyclic amines) is 1. The zero-order valence-corrected chi connectivity index (χ0v) is 16.9. The van der Waals surface area contributed by atoms with Crippen LogP contribution in [0.3, 0.4) is 0 Å². The molecule has 0 radical (unpaired) electrons. The van der Waals surface area contributed by atoms with E-state index in [1.807, 2.05) is 24.3 Å². The highest BCUT2D eigenvalue weighted by molar-refractivity contribution is 5.41. The average molecular weight is 387 g/mol. The summed E-state index contributed by atoms with van der Waals surface area (Å²) in [7, 11) is 3.71. The van der Waals surface area contributed by atoms with Gasteiger partial charge in [0.1, 0.15) is 5.82 Å². The van der Waals surface area contributed by atoms with Gasteiger partial charge in [-0.15, -0.1) is 0 Å². The van der Waals surface area contributed by atoms with Crippen LogP contribution in [0.15, 0.2) is 42.5 Å². The number of rotatable bonds is 8. The molecule has 1 fully saturated rings. The largest absolute Gasteiger partial charge is 0.504 e. The van der Waals surface area contributed by atoms with Crippen LogP contribution in [0.5, 0.6) is 11.5 Å². The van der Waals surface area contributed by atoms with Crippen molar-refractivity contribution in [3.8, 4) is 11.5 Å². The van der Waals surface area contributed by atoms with Crippen molar-refractivity contribution in [2.24, 2.45) is 5.92 Å². The minimum absolute atomic E-state index is 0.0971. The molecule has 2 aromatic rings. The molecule has 0 spiro atoms. The summed E-state index contributed by atoms with van der Waals surface area (Å²) < 4.78 is 19.0. The van der Waals surface area contributed by atoms with Crippen molar-refractivity contribution in [3.63, 3.8) is 0 Å². The molecule has 0 saturated carbocycles. The summed E-state index contributed by atoms with van der Waals surface area (Å²) >= 11 is 0. The van der Waals surface area contributed by atoms with Crippen molar-refractivity contribution >= 4 is 0 Å². The number of nitrogens with zero attached hydrogens (tertiary/aromatic N) is 2. The molecule has 2 aromatic carbocycles. The molecule has 152 valence electrons. The first-order valence-electron chi connectivity index (χ1n) is 10.1. The maximum Gasteiger partial charge on any atom is 0.160 e. The molecule has 1 aliphatic rings. The number of phenolic OH excluding ortho intramolecular Hbond substituents is 1. The first-order chi connectivity index (χ1) is 13.5. The first-order valence-corrected chi connectivity index (χ1v) is 10.1. The molecule has 1 aliphatic heterocycles. The molecule has 1 heterocycles. The highest BCUT2D eigenvalue weighted by Crippen LogP contribution is 2.27. The van der Waals surface area contributed by atoms with Gasteiger partial charge in [-0.05, 0) is 68.1 Å². The number of hydrogen-bond donors (Lipinski definition) is 1. The van der Waals surface area contributed by atoms with E-state index >= 15 is 0 Å². The van der Waals surface area contributed by atoms with Gasteiger partial charge in [0.2, 0.25) is 0 Å². The lowest BCUT2D eigenvalue weighted by Gasteiger charge is -2.34. The Morgan fingerprint density at radius 2 is 2.07 bits per heavy atom. The minimum atomic E-state index is -0.0971. The molecule has 0 bridgehead atoms. The Hall–Kier alpha value is -2.11. The molecule has 1 N–H and O–H groups in total. The van der Waals surface area contributed by atoms with E-state index in [9.17, 15) is 9.50 Å². The van der Waals surface area contributed by atoms with Crippen LogP contribution in [0, 0.1) is 11.7 Å². The van der Waals surface area contributed by atoms with Gasteiger partial charge in [-0.2, -0.15) is 0 Å². The van der Waals surface area contributed by atoms with Crippen LogP contribution < -0.4 is 4.74 Å². The molecule has 4 nitrogen and oxygen atoms in total. The van der Waals surface area contributed by atoms with Crippen molar-refractivity contribution < 1.29 is 14.2 Å². The molecule has 1 atom stereocenters. The average Bonchev–Trinajstić information content (AvgIpc) is 2.69. The van der Waals surface area contributed by atoms with Gasteiger partial charge in [0.15, 0.2) is 11.5 Å². The van der Waals surface area contributed by atoms with Gasteiger partial charge in [-0.3, -0.25) is 0 Å². The maximum atomic E-state index is 13.8. The van der Waals surface area contributed by atoms with Crippen LogP contribution >= 0.6 is 0 Å². The van der Waals surface area contributed by atoms with E-state index in [1.54, 1.807) is 25.3 Å². The van der Waals surface area contributed by atoms with Gasteiger partial charge in [-0.1, -0.05) is 24.3 Å². The van der Waals surface area contributed by atoms with Gasteiger partial charge in [0, 0.05) is 26.2 Å². The Morgan fingerprint density at radius 3 is 2.86 bits per heavy atom. The van der Waals surface area contributed by atoms with E-state index < -0.39 is 0 Å². The molecule has 0 aliphatic carbocycles. The zero-order chi connectivity index (χ0) is 19.9. The van der Waals surface area contributed by atoms with Gasteiger partial charge in [-0.25, -0.2) is 4.39 Å². The van der Waals surface area contributed by atoms with E-state index in [0.717, 1.165) is 50.3 Å². The quantitative estimate of drug-likeness (QED) is 0.746. The predicted molar refractivity (Wildman–Crippen MR) is 110 cm³/mol. The minimum Gasteiger partial charge on any atom is -0.504 e. The number of ether oxygens (including phenoxy) is 1. The summed E-state index contributed by atoms with van der Waals surface area (Å²) in [6.07, 6.45) is 3.20. The van der Waals surface area contributed by atoms with Gasteiger partial charge in [0.25, 0.3) is 0 Å². The summed E-state index contributed by atoms with van der Waals surface area (Å²) in [4.78, 5) is 4.80. The second-order valence-electron chi connectivity index (χ2n) is 7.85. The Balaban J connectivity index is 1.48. The van der Waals surface area contributed by atoms with Crippen LogP contribution in [-0.2, 0) is 13.0 Å². The van der Waals surface area contributed by atoms with E-state index in [0.29, 0.717) is 11.7 Å². The lowest BCUT2D eigenvalue weighted by atomic mass is 9.97. The molecule has 3 rings (SSSR count). The van der Waals surface area contributed by atoms with E-state index in [2.05, 4.69) is 16.8 Å². The topological polar surface area (TPSA) is 35.9 Å². The number of halogens is 1. The third kappa shape index (κ3) is 5.69. The second kappa shape index (κ2) is 9.89. The lowest BCUT2D eigenvalue weighted by Crippen LogP contribution is -2.40. The van der Waals surface area contributed by atoms with Crippen LogP contribution in [0.2, 0.25) is 0 Å². The summed E-state index contributed by atoms with van der Waals surface area (Å²) in [5.41, 5.74) is 1.94. The maximum absolute atomic E-state index is 13.8. The monoisotopic (exact) mass is 386 g/mol. The third-order valence-electron chi connectivity index (χ3n) is 5.52. The summed E-state index contributed by atoms with van der Waals surface area (Å²) in [6.45, 7) is 4.93. The summed E-state index contributed by atoms with van der Waals surface area (Å²) in [5.74, 6) is 1.22. The van der Waals surface area contributed by atoms with Gasteiger partial charge < -0.3 is 19.6 Å². The van der Waals surface area contributed by atoms with Gasteiger partial charge in [0.05, 0.1) is 7.11 Å². The smallest absolute Gasteiger partial charge is 0.160 e. The molecule has 5 heteroatoms. The molecular weight excluding hydrogens is 355 g/mol. The number of hydrogen-bond acceptors (Lipinski definition) is 4. The van der Waals surface area contributed by atoms with Crippen molar-refractivity contribution in [1.82, 2.24) is 9.80 Å². The van der Waals surface area contributed by atoms with Crippen molar-refractivity contribution in [2.45, 2.75) is 25.8 Å². The fraction of sp³-hybridized carbons (Fsp3) is 0.478. The zero-order valence-electron chi connectivity index (χ0n) is 16.9. The van der Waals surface area contributed by atoms with Crippen LogP contribution in [-0.4, -0.2) is 55.2 Å². The number of benzene rings is 2. The van der Waals surface area contributed by atoms with Gasteiger partial charge >= 0.3 is 0 Å². The standard InChI is InChI=1S/C23H31FN2O2/c1-25(15-18-9-10-22(27)23(14-18)28-2)16-19-6-5-12-26(17-19)13-11-20-7-3-4-8-21(20)24/h3-4,7-10,14,19,27H,5-6,11-13,15-17H2,1-2H3. The van der Waals surface area contributed by atoms with Crippen molar-refractivity contribution in [1.29, 1.82) is 0 Å². The summed E-state index contributed by atoms with van der Waals surface area (Å²) in [6, 6.07) is 12.6. The Morgan fingerprint density at radius 1 is 1.25 bits per heavy atom. The van der Waals surface area contributed by atoms with Crippen molar-refractivity contribution in [2.75, 3.05) is 40.3 Å². The lowest BCUT2D eigenvalue weighted by molar-refractivity contribution is 0.142. The normalized spacial score (nSPS) is 17.8. The number of piperidine rings is 1. The molecule has 0 aromatic heterocycles. The number of phenols is 1. The Labute approximate surface area is 167 Å². The first kappa shape index (κ1) is 20.6. The SMILES string of the molecule is COc1cc(CN(C)CC2CCCN(CCc3ccccc3F)C2)ccc1O. The predicted octanol–water partition coefficient (Wildman–Crippen LogP) is 3.93. The number of aromatic hydroxyl groups is 1. The molecule has 0 amide bonds. The fourth-order valence-electron chi connectivity index (χ4n) is 4.12. The van der Waals surface area contributed by atoms with Crippen LogP contribution in [0.1, 0.15) is 24.0 Å². The second-order valence-corrected chi connectivity index (χ2v) is 7.85. The highest BCUT2D eigenvalue weighted by Gasteiger charge is 2.21. The van der Waals surface area contributed by atoms with E-state index in [1.165, 1.54) is 12.8 Å². The van der Waals surface area contributed by atoms with Crippen molar-refractivity contribution in [3.05, 3.63) is 59.4 Å². The molecule has 1 saturated heterocycles. The Bertz CT molecular complexity index is 768. The van der Waals surface area contributed by atoms with Crippen LogP contribution in [0.25, 0.3) is 0 Å². The molecule has 28 heavy (non-hydrogen) atoms. The molecular formula is C23H31FN2O2. The Kier molecular flexibility index (Phi) is 7.29. The van der Waals surface area contributed by atoms with Crippen LogP contribution in [0.4, 0.5) is 4.39 Å². The highest BCUT2D eigenvalue weighted by atomic mass is 19.1. The fourth-order valence-corrected chi connectivity index (χ4v) is 4.12. The molecule has 1 unspecified atom stereocenters. The van der Waals surface area contributed by atoms with E-state index in [4.69, 9.17) is 4.74 Å². The number of methoxy groups -OCH3 is 1. The van der Waals surface area contributed by atoms with E-state index in [-0.39, 0.29) is 11.6 Å².